The molecule has 1 amide bonds. The highest BCUT2D eigenvalue weighted by atomic mass is 16.5. The van der Waals surface area contributed by atoms with Crippen LogP contribution in [0.25, 0.3) is 0 Å². The average molecular weight is 330 g/mol. The molecule has 1 aliphatic rings. The molecule has 1 N–H and O–H groups in total. The number of nitrogens with one attached hydrogen (secondary N) is 1. The number of aryl methyl sites for hydroxylation is 1. The molecule has 0 spiro atoms. The highest BCUT2D eigenvalue weighted by Gasteiger charge is 2.17. The van der Waals surface area contributed by atoms with Crippen molar-refractivity contribution in [3.8, 4) is 5.75 Å². The summed E-state index contributed by atoms with van der Waals surface area (Å²) in [6.45, 7) is 2.16. The Morgan fingerprint density at radius 2 is 2.12 bits per heavy atom. The molecule has 1 aromatic heterocycles. The Bertz CT molecular complexity index is 699. The summed E-state index contributed by atoms with van der Waals surface area (Å²) in [5, 5.41) is 11.3. The number of nitrogens with zero attached hydrogens (tertiary/aromatic N) is 3. The topological polar surface area (TPSA) is 78.3 Å². The fourth-order valence-corrected chi connectivity index (χ4v) is 2.77. The van der Waals surface area contributed by atoms with Crippen LogP contribution in [0.4, 0.5) is 0 Å². The Hall–Kier alpha value is -2.41. The highest BCUT2D eigenvalue weighted by Crippen LogP contribution is 2.18. The summed E-state index contributed by atoms with van der Waals surface area (Å²) in [5.41, 5.74) is 0.506. The lowest BCUT2D eigenvalue weighted by Gasteiger charge is -2.15. The zero-order valence-electron chi connectivity index (χ0n) is 13.8. The summed E-state index contributed by atoms with van der Waals surface area (Å²) < 4.78 is 12.7. The summed E-state index contributed by atoms with van der Waals surface area (Å²) in [4.78, 5) is 12.5. The number of amides is 1. The standard InChI is InChI=1S/C17H22N4O3/c1-23-10-11-24-14-7-3-2-6-13(14)17(22)18-12-16-20-19-15-8-4-5-9-21(15)16/h2-3,6-7H,4-5,8-12H2,1H3,(H,18,22). The molecule has 0 radical (unpaired) electrons. The third-order valence-electron chi connectivity index (χ3n) is 4.02. The first kappa shape index (κ1) is 16.4. The lowest BCUT2D eigenvalue weighted by atomic mass is 10.1. The van der Waals surface area contributed by atoms with E-state index >= 15 is 0 Å². The molecule has 2 aromatic rings. The van der Waals surface area contributed by atoms with Gasteiger partial charge in [-0.1, -0.05) is 12.1 Å². The van der Waals surface area contributed by atoms with Gasteiger partial charge in [-0.15, -0.1) is 10.2 Å². The predicted molar refractivity (Wildman–Crippen MR) is 87.9 cm³/mol. The summed E-state index contributed by atoms with van der Waals surface area (Å²) in [5.74, 6) is 2.18. The molecule has 0 unspecified atom stereocenters. The van der Waals surface area contributed by atoms with Gasteiger partial charge in [0.05, 0.1) is 18.7 Å². The van der Waals surface area contributed by atoms with E-state index in [0.29, 0.717) is 31.1 Å². The van der Waals surface area contributed by atoms with Crippen LogP contribution in [0.3, 0.4) is 0 Å². The second-order valence-electron chi connectivity index (χ2n) is 5.66. The zero-order chi connectivity index (χ0) is 16.8. The van der Waals surface area contributed by atoms with Crippen LogP contribution in [-0.2, 0) is 24.2 Å². The van der Waals surface area contributed by atoms with Crippen molar-refractivity contribution in [3.05, 3.63) is 41.5 Å². The first-order chi connectivity index (χ1) is 11.8. The maximum absolute atomic E-state index is 12.5. The number of methoxy groups -OCH3 is 1. The fourth-order valence-electron chi connectivity index (χ4n) is 2.77. The van der Waals surface area contributed by atoms with Crippen molar-refractivity contribution >= 4 is 5.91 Å². The van der Waals surface area contributed by atoms with E-state index in [0.717, 1.165) is 37.5 Å². The molecule has 0 saturated heterocycles. The number of benzene rings is 1. The molecule has 0 bridgehead atoms. The van der Waals surface area contributed by atoms with Gasteiger partial charge < -0.3 is 19.4 Å². The Morgan fingerprint density at radius 3 is 3.00 bits per heavy atom. The Morgan fingerprint density at radius 1 is 1.25 bits per heavy atom. The van der Waals surface area contributed by atoms with Crippen molar-refractivity contribution in [3.63, 3.8) is 0 Å². The largest absolute Gasteiger partial charge is 0.490 e. The van der Waals surface area contributed by atoms with Crippen LogP contribution in [0.1, 0.15) is 34.8 Å². The van der Waals surface area contributed by atoms with Gasteiger partial charge in [-0.05, 0) is 25.0 Å². The van der Waals surface area contributed by atoms with Crippen LogP contribution in [0.5, 0.6) is 5.75 Å². The summed E-state index contributed by atoms with van der Waals surface area (Å²) >= 11 is 0. The SMILES string of the molecule is COCCOc1ccccc1C(=O)NCc1nnc2n1CCCC2. The molecule has 0 aliphatic carbocycles. The van der Waals surface area contributed by atoms with Gasteiger partial charge >= 0.3 is 0 Å². The minimum absolute atomic E-state index is 0.184. The van der Waals surface area contributed by atoms with E-state index in [4.69, 9.17) is 9.47 Å². The maximum Gasteiger partial charge on any atom is 0.255 e. The van der Waals surface area contributed by atoms with Crippen LogP contribution < -0.4 is 10.1 Å². The second kappa shape index (κ2) is 7.92. The number of carbonyl (C=O) groups excluding carboxylic acids is 1. The van der Waals surface area contributed by atoms with E-state index in [9.17, 15) is 4.79 Å². The van der Waals surface area contributed by atoms with Gasteiger partial charge in [-0.2, -0.15) is 0 Å². The third-order valence-corrected chi connectivity index (χ3v) is 4.02. The highest BCUT2D eigenvalue weighted by molar-refractivity contribution is 5.96. The number of carbonyl (C=O) groups is 1. The lowest BCUT2D eigenvalue weighted by molar-refractivity contribution is 0.0941. The van der Waals surface area contributed by atoms with Gasteiger partial charge in [-0.3, -0.25) is 4.79 Å². The van der Waals surface area contributed by atoms with Crippen LogP contribution >= 0.6 is 0 Å². The number of ether oxygens (including phenoxy) is 2. The quantitative estimate of drug-likeness (QED) is 0.780. The van der Waals surface area contributed by atoms with Crippen molar-refractivity contribution < 1.29 is 14.3 Å². The number of rotatable bonds is 7. The monoisotopic (exact) mass is 330 g/mol. The molecule has 0 fully saturated rings. The number of hydrogen-bond donors (Lipinski definition) is 1. The van der Waals surface area contributed by atoms with Crippen molar-refractivity contribution in [2.45, 2.75) is 32.4 Å². The number of para-hydroxylation sites is 1. The Kier molecular flexibility index (Phi) is 5.43. The smallest absolute Gasteiger partial charge is 0.255 e. The van der Waals surface area contributed by atoms with Gasteiger partial charge in [0.2, 0.25) is 0 Å². The molecule has 0 saturated carbocycles. The molecule has 24 heavy (non-hydrogen) atoms. The summed E-state index contributed by atoms with van der Waals surface area (Å²) in [6.07, 6.45) is 3.23. The van der Waals surface area contributed by atoms with Gasteiger partial charge in [-0.25, -0.2) is 0 Å². The number of aromatic nitrogens is 3. The average Bonchev–Trinajstić information content (AvgIpc) is 3.03. The normalized spacial score (nSPS) is 13.4. The first-order valence-electron chi connectivity index (χ1n) is 8.19. The van der Waals surface area contributed by atoms with Gasteiger partial charge in [0.1, 0.15) is 18.2 Å². The van der Waals surface area contributed by atoms with Crippen LogP contribution in [-0.4, -0.2) is 41.0 Å². The predicted octanol–water partition coefficient (Wildman–Crippen LogP) is 1.57. The van der Waals surface area contributed by atoms with E-state index in [1.807, 2.05) is 12.1 Å². The molecule has 0 atom stereocenters. The Labute approximate surface area is 141 Å². The first-order valence-corrected chi connectivity index (χ1v) is 8.19. The molecule has 2 heterocycles. The second-order valence-corrected chi connectivity index (χ2v) is 5.66. The van der Waals surface area contributed by atoms with Crippen molar-refractivity contribution in [2.75, 3.05) is 20.3 Å². The van der Waals surface area contributed by atoms with Crippen LogP contribution in [0.15, 0.2) is 24.3 Å². The van der Waals surface area contributed by atoms with Crippen molar-refractivity contribution in [2.24, 2.45) is 0 Å². The minimum Gasteiger partial charge on any atom is -0.490 e. The van der Waals surface area contributed by atoms with Gasteiger partial charge in [0, 0.05) is 20.1 Å². The lowest BCUT2D eigenvalue weighted by Crippen LogP contribution is -2.26. The van der Waals surface area contributed by atoms with E-state index in [1.54, 1.807) is 19.2 Å². The van der Waals surface area contributed by atoms with Crippen molar-refractivity contribution in [1.82, 2.24) is 20.1 Å². The molecule has 7 heteroatoms. The Balaban J connectivity index is 1.64. The van der Waals surface area contributed by atoms with Gasteiger partial charge in [0.15, 0.2) is 5.82 Å². The van der Waals surface area contributed by atoms with E-state index < -0.39 is 0 Å². The van der Waals surface area contributed by atoms with Crippen molar-refractivity contribution in [1.29, 1.82) is 0 Å². The molecule has 3 rings (SSSR count). The molecular weight excluding hydrogens is 308 g/mol. The summed E-state index contributed by atoms with van der Waals surface area (Å²) in [6, 6.07) is 7.19. The number of fused-ring (bicyclic) bond motifs is 1. The maximum atomic E-state index is 12.5. The number of hydrogen-bond acceptors (Lipinski definition) is 5. The summed E-state index contributed by atoms with van der Waals surface area (Å²) in [7, 11) is 1.61. The molecule has 1 aliphatic heterocycles. The molecular formula is C17H22N4O3. The minimum atomic E-state index is -0.184. The van der Waals surface area contributed by atoms with E-state index in [1.165, 1.54) is 0 Å². The zero-order valence-corrected chi connectivity index (χ0v) is 13.8. The van der Waals surface area contributed by atoms with Crippen LogP contribution in [0.2, 0.25) is 0 Å². The molecule has 1 aromatic carbocycles. The van der Waals surface area contributed by atoms with Crippen LogP contribution in [0, 0.1) is 0 Å². The van der Waals surface area contributed by atoms with Gasteiger partial charge in [0.25, 0.3) is 5.91 Å². The fraction of sp³-hybridized carbons (Fsp3) is 0.471. The molecule has 7 nitrogen and oxygen atoms in total. The van der Waals surface area contributed by atoms with E-state index in [2.05, 4.69) is 20.1 Å². The molecule has 128 valence electrons. The van der Waals surface area contributed by atoms with E-state index in [-0.39, 0.29) is 5.91 Å². The third kappa shape index (κ3) is 3.73.